The van der Waals surface area contributed by atoms with E-state index >= 15 is 0 Å². The van der Waals surface area contributed by atoms with Gasteiger partial charge in [-0.15, -0.1) is 0 Å². The Labute approximate surface area is 248 Å². The number of ether oxygens (including phenoxy) is 2. The van der Waals surface area contributed by atoms with E-state index in [1.54, 1.807) is 6.20 Å². The third-order valence-corrected chi connectivity index (χ3v) is 5.72. The Balaban J connectivity index is 0.000000396. The minimum Gasteiger partial charge on any atom is -0.477 e. The molecule has 0 spiro atoms. The molecule has 3 atom stereocenters. The van der Waals surface area contributed by atoms with Crippen molar-refractivity contribution in [2.75, 3.05) is 19.8 Å². The average Bonchev–Trinajstić information content (AvgIpc) is 3.37. The van der Waals surface area contributed by atoms with Crippen molar-refractivity contribution in [3.8, 4) is 5.88 Å². The van der Waals surface area contributed by atoms with Gasteiger partial charge in [0.05, 0.1) is 19.3 Å². The van der Waals surface area contributed by atoms with E-state index in [1.807, 2.05) is 30.6 Å². The fraction of sp³-hybridized carbons (Fsp3) is 0.480. The second-order valence-electron chi connectivity index (χ2n) is 9.03. The molecular formula is C25H26F9N3O8. The molecule has 45 heavy (non-hydrogen) atoms. The Kier molecular flexibility index (Phi) is 15.0. The summed E-state index contributed by atoms with van der Waals surface area (Å²) in [5.41, 5.74) is 1.32. The summed E-state index contributed by atoms with van der Waals surface area (Å²) < 4.78 is 107. The van der Waals surface area contributed by atoms with Crippen molar-refractivity contribution >= 4 is 17.9 Å². The standard InChI is InChI=1S/C19H23N3O2.3C2HF3O2/c1-2-6-21-19(3-1)24-14-16-11-17-18(12-16)23-10-9-22(17)13-15-4-7-20-8-5-15;3*3-2(4,5)1(6)7/h1-8,16-18H,9-14H2;3*(H,6,7). The topological polar surface area (TPSA) is 159 Å². The van der Waals surface area contributed by atoms with Crippen LogP contribution in [0, 0.1) is 5.92 Å². The van der Waals surface area contributed by atoms with E-state index in [-0.39, 0.29) is 0 Å². The van der Waals surface area contributed by atoms with Crippen LogP contribution >= 0.6 is 0 Å². The number of alkyl halides is 9. The van der Waals surface area contributed by atoms with Crippen molar-refractivity contribution in [2.24, 2.45) is 5.92 Å². The van der Waals surface area contributed by atoms with Crippen molar-refractivity contribution in [1.82, 2.24) is 14.9 Å². The minimum absolute atomic E-state index is 0.331. The van der Waals surface area contributed by atoms with Crippen LogP contribution in [0.4, 0.5) is 39.5 Å². The van der Waals surface area contributed by atoms with Crippen LogP contribution in [0.2, 0.25) is 0 Å². The quantitative estimate of drug-likeness (QED) is 0.387. The smallest absolute Gasteiger partial charge is 0.477 e. The fourth-order valence-corrected chi connectivity index (χ4v) is 3.82. The first-order valence-corrected chi connectivity index (χ1v) is 12.4. The van der Waals surface area contributed by atoms with Crippen LogP contribution in [-0.4, -0.2) is 98.5 Å². The number of carboxylic acid groups (broad SMARTS) is 3. The molecule has 1 aliphatic carbocycles. The number of halogens is 9. The second-order valence-corrected chi connectivity index (χ2v) is 9.03. The van der Waals surface area contributed by atoms with Crippen molar-refractivity contribution in [1.29, 1.82) is 0 Å². The summed E-state index contributed by atoms with van der Waals surface area (Å²) in [6, 6.07) is 10.5. The van der Waals surface area contributed by atoms with E-state index in [0.717, 1.165) is 39.1 Å². The number of morpholine rings is 1. The van der Waals surface area contributed by atoms with Crippen molar-refractivity contribution < 1.29 is 78.7 Å². The normalized spacial score (nSPS) is 19.6. The first-order chi connectivity index (χ1) is 20.7. The highest BCUT2D eigenvalue weighted by atomic mass is 19.4. The first kappa shape index (κ1) is 38.8. The number of pyridine rings is 2. The highest BCUT2D eigenvalue weighted by Crippen LogP contribution is 2.35. The van der Waals surface area contributed by atoms with Crippen LogP contribution < -0.4 is 4.74 Å². The SMILES string of the molecule is O=C(O)C(F)(F)F.O=C(O)C(F)(F)F.O=C(O)C(F)(F)F.c1ccc(OCC2CC3OCCN(Cc4ccncc4)C3C2)nc1. The van der Waals surface area contributed by atoms with Crippen LogP contribution in [0.15, 0.2) is 48.9 Å². The predicted octanol–water partition coefficient (Wildman–Crippen LogP) is 4.43. The van der Waals surface area contributed by atoms with Gasteiger partial charge in [0.25, 0.3) is 0 Å². The van der Waals surface area contributed by atoms with Crippen molar-refractivity contribution in [3.63, 3.8) is 0 Å². The van der Waals surface area contributed by atoms with Gasteiger partial charge in [-0.2, -0.15) is 39.5 Å². The molecular weight excluding hydrogens is 641 g/mol. The predicted molar refractivity (Wildman–Crippen MR) is 132 cm³/mol. The lowest BCUT2D eigenvalue weighted by atomic mass is 10.1. The van der Waals surface area contributed by atoms with Crippen LogP contribution in [0.1, 0.15) is 18.4 Å². The van der Waals surface area contributed by atoms with Gasteiger partial charge in [-0.25, -0.2) is 19.4 Å². The van der Waals surface area contributed by atoms with Crippen LogP contribution in [0.25, 0.3) is 0 Å². The van der Waals surface area contributed by atoms with Gasteiger partial charge in [-0.1, -0.05) is 6.07 Å². The minimum atomic E-state index is -5.08. The molecule has 2 aliphatic rings. The molecule has 3 heterocycles. The van der Waals surface area contributed by atoms with E-state index in [2.05, 4.69) is 27.0 Å². The lowest BCUT2D eigenvalue weighted by molar-refractivity contribution is -0.193. The zero-order chi connectivity index (χ0) is 34.4. The summed E-state index contributed by atoms with van der Waals surface area (Å²) in [5.74, 6) is -7.03. The third-order valence-electron chi connectivity index (χ3n) is 5.72. The molecule has 4 rings (SSSR count). The Morgan fingerprint density at radius 3 is 1.78 bits per heavy atom. The monoisotopic (exact) mass is 667 g/mol. The van der Waals surface area contributed by atoms with Gasteiger partial charge in [0, 0.05) is 43.8 Å². The largest absolute Gasteiger partial charge is 0.490 e. The Bertz CT molecular complexity index is 1140. The molecule has 2 fully saturated rings. The number of nitrogens with zero attached hydrogens (tertiary/aromatic N) is 3. The molecule has 1 aliphatic heterocycles. The number of carbonyl (C=O) groups is 3. The van der Waals surface area contributed by atoms with E-state index in [4.69, 9.17) is 39.2 Å². The van der Waals surface area contributed by atoms with E-state index in [0.29, 0.717) is 23.9 Å². The van der Waals surface area contributed by atoms with Crippen molar-refractivity contribution in [2.45, 2.75) is 50.1 Å². The third kappa shape index (κ3) is 15.4. The Morgan fingerprint density at radius 1 is 0.822 bits per heavy atom. The molecule has 0 aromatic carbocycles. The van der Waals surface area contributed by atoms with Crippen LogP contribution in [0.3, 0.4) is 0 Å². The maximum atomic E-state index is 10.6. The van der Waals surface area contributed by atoms with E-state index < -0.39 is 36.4 Å². The number of fused-ring (bicyclic) bond motifs is 1. The summed E-state index contributed by atoms with van der Waals surface area (Å²) >= 11 is 0. The fourth-order valence-electron chi connectivity index (χ4n) is 3.82. The lowest BCUT2D eigenvalue weighted by Crippen LogP contribution is -2.47. The number of hydrogen-bond donors (Lipinski definition) is 3. The maximum absolute atomic E-state index is 10.6. The summed E-state index contributed by atoms with van der Waals surface area (Å²) in [7, 11) is 0. The Hall–Kier alpha value is -4.20. The molecule has 2 aromatic heterocycles. The number of hydrogen-bond acceptors (Lipinski definition) is 8. The average molecular weight is 667 g/mol. The molecule has 0 bridgehead atoms. The van der Waals surface area contributed by atoms with Gasteiger partial charge < -0.3 is 24.8 Å². The van der Waals surface area contributed by atoms with Crippen LogP contribution in [-0.2, 0) is 25.7 Å². The Morgan fingerprint density at radius 2 is 1.33 bits per heavy atom. The number of aromatic nitrogens is 2. The molecule has 3 N–H and O–H groups in total. The molecule has 2 aromatic rings. The van der Waals surface area contributed by atoms with Gasteiger partial charge >= 0.3 is 36.4 Å². The van der Waals surface area contributed by atoms with Gasteiger partial charge in [0.1, 0.15) is 0 Å². The van der Waals surface area contributed by atoms with Gasteiger partial charge in [0.2, 0.25) is 5.88 Å². The lowest BCUT2D eigenvalue weighted by Gasteiger charge is -2.37. The van der Waals surface area contributed by atoms with E-state index in [9.17, 15) is 39.5 Å². The first-order valence-electron chi connectivity index (χ1n) is 12.4. The maximum Gasteiger partial charge on any atom is 0.490 e. The molecule has 0 amide bonds. The van der Waals surface area contributed by atoms with Gasteiger partial charge in [0.15, 0.2) is 0 Å². The summed E-state index contributed by atoms with van der Waals surface area (Å²) in [4.78, 5) is 37.6. The number of carboxylic acids is 3. The zero-order valence-electron chi connectivity index (χ0n) is 22.7. The summed E-state index contributed by atoms with van der Waals surface area (Å²) in [6.45, 7) is 3.51. The molecule has 11 nitrogen and oxygen atoms in total. The van der Waals surface area contributed by atoms with Gasteiger partial charge in [-0.3, -0.25) is 9.88 Å². The molecule has 20 heteroatoms. The molecule has 0 radical (unpaired) electrons. The van der Waals surface area contributed by atoms with E-state index in [1.165, 1.54) is 5.56 Å². The molecule has 1 saturated heterocycles. The van der Waals surface area contributed by atoms with Crippen LogP contribution in [0.5, 0.6) is 5.88 Å². The zero-order valence-corrected chi connectivity index (χ0v) is 22.7. The molecule has 3 unspecified atom stereocenters. The highest BCUT2D eigenvalue weighted by molar-refractivity contribution is 5.73. The summed E-state index contributed by atoms with van der Waals surface area (Å²) in [6.07, 6.45) is -7.22. The number of aliphatic carboxylic acids is 3. The van der Waals surface area contributed by atoms with Gasteiger partial charge in [-0.05, 0) is 42.5 Å². The number of rotatable bonds is 5. The molecule has 252 valence electrons. The second kappa shape index (κ2) is 17.3. The highest BCUT2D eigenvalue weighted by Gasteiger charge is 2.41. The summed E-state index contributed by atoms with van der Waals surface area (Å²) in [5, 5.41) is 21.4. The molecule has 1 saturated carbocycles. The van der Waals surface area contributed by atoms with Crippen molar-refractivity contribution in [3.05, 3.63) is 54.5 Å².